The first-order chi connectivity index (χ1) is 11.4. The highest BCUT2D eigenvalue weighted by Crippen LogP contribution is 2.26. The van der Waals surface area contributed by atoms with Gasteiger partial charge in [-0.1, -0.05) is 0 Å². The highest BCUT2D eigenvalue weighted by atomic mass is 32.1. The number of aromatic nitrogens is 4. The van der Waals surface area contributed by atoms with Crippen molar-refractivity contribution in [2.75, 3.05) is 13.1 Å². The zero-order valence-corrected chi connectivity index (χ0v) is 13.7. The van der Waals surface area contributed by atoms with E-state index >= 15 is 0 Å². The van der Waals surface area contributed by atoms with E-state index in [1.54, 1.807) is 30.3 Å². The van der Waals surface area contributed by atoms with Gasteiger partial charge in [0.05, 0.1) is 12.0 Å². The molecular weight excluding hydrogens is 310 g/mol. The summed E-state index contributed by atoms with van der Waals surface area (Å²) in [5.41, 5.74) is 1.13. The summed E-state index contributed by atoms with van der Waals surface area (Å²) in [7, 11) is 0. The monoisotopic (exact) mass is 329 g/mol. The SMILES string of the molecule is c1coc(-c2nc(CN3CCC[C@H](Cn4cncn4)C3)cs2)c1. The van der Waals surface area contributed by atoms with Gasteiger partial charge in [0.2, 0.25) is 0 Å². The first kappa shape index (κ1) is 14.6. The van der Waals surface area contributed by atoms with Crippen molar-refractivity contribution in [3.05, 3.63) is 42.1 Å². The molecular formula is C16H19N5OS. The number of hydrogen-bond acceptors (Lipinski definition) is 6. The Kier molecular flexibility index (Phi) is 4.21. The zero-order valence-electron chi connectivity index (χ0n) is 12.8. The highest BCUT2D eigenvalue weighted by molar-refractivity contribution is 7.13. The van der Waals surface area contributed by atoms with Crippen LogP contribution in [0.5, 0.6) is 0 Å². The molecule has 4 rings (SSSR count). The molecule has 0 amide bonds. The van der Waals surface area contributed by atoms with Gasteiger partial charge in [-0.2, -0.15) is 5.10 Å². The third kappa shape index (κ3) is 3.51. The Bertz CT molecular complexity index is 722. The summed E-state index contributed by atoms with van der Waals surface area (Å²) >= 11 is 1.65. The largest absolute Gasteiger partial charge is 0.462 e. The van der Waals surface area contributed by atoms with Gasteiger partial charge in [0.1, 0.15) is 12.7 Å². The Morgan fingerprint density at radius 1 is 1.39 bits per heavy atom. The van der Waals surface area contributed by atoms with Gasteiger partial charge in [0.25, 0.3) is 0 Å². The molecule has 4 heterocycles. The number of thiazole rings is 1. The van der Waals surface area contributed by atoms with Crippen molar-refractivity contribution in [2.24, 2.45) is 5.92 Å². The smallest absolute Gasteiger partial charge is 0.162 e. The molecule has 120 valence electrons. The molecule has 3 aromatic rings. The third-order valence-corrected chi connectivity index (χ3v) is 5.09. The van der Waals surface area contributed by atoms with Crippen LogP contribution in [0.25, 0.3) is 10.8 Å². The minimum absolute atomic E-state index is 0.633. The molecule has 0 bridgehead atoms. The van der Waals surface area contributed by atoms with Crippen molar-refractivity contribution in [2.45, 2.75) is 25.9 Å². The molecule has 0 spiro atoms. The Morgan fingerprint density at radius 3 is 3.22 bits per heavy atom. The lowest BCUT2D eigenvalue weighted by Crippen LogP contribution is -2.36. The third-order valence-electron chi connectivity index (χ3n) is 4.18. The van der Waals surface area contributed by atoms with Crippen molar-refractivity contribution in [1.82, 2.24) is 24.6 Å². The van der Waals surface area contributed by atoms with E-state index in [1.165, 1.54) is 12.8 Å². The van der Waals surface area contributed by atoms with Crippen LogP contribution in [-0.2, 0) is 13.1 Å². The summed E-state index contributed by atoms with van der Waals surface area (Å²) in [5.74, 6) is 1.48. The Morgan fingerprint density at radius 2 is 2.39 bits per heavy atom. The molecule has 0 aromatic carbocycles. The van der Waals surface area contributed by atoms with Crippen LogP contribution in [0.15, 0.2) is 40.8 Å². The van der Waals surface area contributed by atoms with Gasteiger partial charge in [-0.05, 0) is 37.4 Å². The maximum atomic E-state index is 5.42. The van der Waals surface area contributed by atoms with Crippen molar-refractivity contribution >= 4 is 11.3 Å². The molecule has 7 heteroatoms. The van der Waals surface area contributed by atoms with Gasteiger partial charge in [0, 0.05) is 25.0 Å². The van der Waals surface area contributed by atoms with Gasteiger partial charge in [0.15, 0.2) is 10.8 Å². The molecule has 0 N–H and O–H groups in total. The molecule has 23 heavy (non-hydrogen) atoms. The summed E-state index contributed by atoms with van der Waals surface area (Å²) in [6.07, 6.45) is 7.58. The lowest BCUT2D eigenvalue weighted by atomic mass is 9.98. The second-order valence-electron chi connectivity index (χ2n) is 5.98. The predicted molar refractivity (Wildman–Crippen MR) is 87.8 cm³/mol. The minimum atomic E-state index is 0.633. The molecule has 0 saturated carbocycles. The molecule has 0 aliphatic carbocycles. The average Bonchev–Trinajstić information content (AvgIpc) is 3.30. The lowest BCUT2D eigenvalue weighted by Gasteiger charge is -2.32. The van der Waals surface area contributed by atoms with E-state index in [2.05, 4.69) is 20.4 Å². The van der Waals surface area contributed by atoms with Gasteiger partial charge < -0.3 is 4.42 Å². The summed E-state index contributed by atoms with van der Waals surface area (Å²) in [4.78, 5) is 11.2. The number of nitrogens with zero attached hydrogens (tertiary/aromatic N) is 5. The lowest BCUT2D eigenvalue weighted by molar-refractivity contribution is 0.152. The van der Waals surface area contributed by atoms with Crippen LogP contribution in [0.1, 0.15) is 18.5 Å². The maximum absolute atomic E-state index is 5.42. The first-order valence-electron chi connectivity index (χ1n) is 7.90. The highest BCUT2D eigenvalue weighted by Gasteiger charge is 2.21. The van der Waals surface area contributed by atoms with Crippen LogP contribution in [-0.4, -0.2) is 37.7 Å². The number of piperidine rings is 1. The van der Waals surface area contributed by atoms with Crippen LogP contribution in [0.2, 0.25) is 0 Å². The average molecular weight is 329 g/mol. The molecule has 1 aliphatic rings. The predicted octanol–water partition coefficient (Wildman–Crippen LogP) is 2.91. The van der Waals surface area contributed by atoms with E-state index < -0.39 is 0 Å². The fraction of sp³-hybridized carbons (Fsp3) is 0.438. The summed E-state index contributed by atoms with van der Waals surface area (Å²) < 4.78 is 7.35. The minimum Gasteiger partial charge on any atom is -0.462 e. The van der Waals surface area contributed by atoms with E-state index in [1.807, 2.05) is 16.8 Å². The van der Waals surface area contributed by atoms with E-state index in [0.29, 0.717) is 5.92 Å². The standard InChI is InChI=1S/C16H19N5OS/c1-3-13(8-21-12-17-11-18-21)7-20(5-1)9-14-10-23-16(19-14)15-4-2-6-22-15/h2,4,6,10-13H,1,3,5,7-9H2/t13-/m0/s1. The number of rotatable bonds is 5. The first-order valence-corrected chi connectivity index (χ1v) is 8.78. The van der Waals surface area contributed by atoms with Gasteiger partial charge in [-0.3, -0.25) is 9.58 Å². The van der Waals surface area contributed by atoms with Crippen LogP contribution >= 0.6 is 11.3 Å². The number of hydrogen-bond donors (Lipinski definition) is 0. The maximum Gasteiger partial charge on any atom is 0.162 e. The Labute approximate surface area is 138 Å². The molecule has 1 atom stereocenters. The van der Waals surface area contributed by atoms with Crippen molar-refractivity contribution in [1.29, 1.82) is 0 Å². The second-order valence-corrected chi connectivity index (χ2v) is 6.84. The Balaban J connectivity index is 1.37. The van der Waals surface area contributed by atoms with Crippen molar-refractivity contribution in [3.63, 3.8) is 0 Å². The molecule has 0 radical (unpaired) electrons. The summed E-state index contributed by atoms with van der Waals surface area (Å²) in [6.45, 7) is 4.09. The molecule has 3 aromatic heterocycles. The second kappa shape index (κ2) is 6.64. The van der Waals surface area contributed by atoms with E-state index in [9.17, 15) is 0 Å². The molecule has 6 nitrogen and oxygen atoms in total. The van der Waals surface area contributed by atoms with E-state index in [-0.39, 0.29) is 0 Å². The van der Waals surface area contributed by atoms with E-state index in [0.717, 1.165) is 42.6 Å². The van der Waals surface area contributed by atoms with Crippen molar-refractivity contribution < 1.29 is 4.42 Å². The Hall–Kier alpha value is -1.99. The normalized spacial score (nSPS) is 19.2. The van der Waals surface area contributed by atoms with Gasteiger partial charge >= 0.3 is 0 Å². The van der Waals surface area contributed by atoms with Crippen LogP contribution in [0.4, 0.5) is 0 Å². The van der Waals surface area contributed by atoms with E-state index in [4.69, 9.17) is 9.40 Å². The van der Waals surface area contributed by atoms with Crippen molar-refractivity contribution in [3.8, 4) is 10.8 Å². The topological polar surface area (TPSA) is 60.0 Å². The number of likely N-dealkylation sites (tertiary alicyclic amines) is 1. The number of furan rings is 1. The molecule has 0 unspecified atom stereocenters. The summed E-state index contributed by atoms with van der Waals surface area (Å²) in [5, 5.41) is 7.31. The zero-order chi connectivity index (χ0) is 15.5. The molecule has 1 fully saturated rings. The quantitative estimate of drug-likeness (QED) is 0.720. The van der Waals surface area contributed by atoms with Gasteiger partial charge in [-0.15, -0.1) is 11.3 Å². The fourth-order valence-electron chi connectivity index (χ4n) is 3.16. The summed E-state index contributed by atoms with van der Waals surface area (Å²) in [6, 6.07) is 3.85. The van der Waals surface area contributed by atoms with Gasteiger partial charge in [-0.25, -0.2) is 9.97 Å². The fourth-order valence-corrected chi connectivity index (χ4v) is 3.93. The molecule has 1 aliphatic heterocycles. The van der Waals surface area contributed by atoms with Crippen LogP contribution in [0, 0.1) is 5.92 Å². The molecule has 1 saturated heterocycles. The van der Waals surface area contributed by atoms with Crippen LogP contribution < -0.4 is 0 Å². The van der Waals surface area contributed by atoms with Crippen LogP contribution in [0.3, 0.4) is 0 Å².